The van der Waals surface area contributed by atoms with Gasteiger partial charge in [-0.3, -0.25) is 5.21 Å². The van der Waals surface area contributed by atoms with Crippen LogP contribution in [0.4, 0.5) is 4.79 Å². The zero-order valence-corrected chi connectivity index (χ0v) is 10.9. The number of hydrogen-bond donors (Lipinski definition) is 2. The second kappa shape index (κ2) is 4.86. The first-order valence-corrected chi connectivity index (χ1v) is 6.28. The molecule has 5 heteroatoms. The van der Waals surface area contributed by atoms with Gasteiger partial charge in [-0.25, -0.2) is 4.79 Å². The highest BCUT2D eigenvalue weighted by molar-refractivity contribution is 5.74. The summed E-state index contributed by atoms with van der Waals surface area (Å²) in [7, 11) is 1.47. The molecule has 102 valence electrons. The van der Waals surface area contributed by atoms with E-state index >= 15 is 0 Å². The number of amides is 2. The molecule has 0 saturated heterocycles. The van der Waals surface area contributed by atoms with E-state index in [1.165, 1.54) is 7.05 Å². The van der Waals surface area contributed by atoms with Crippen LogP contribution in [-0.2, 0) is 0 Å². The maximum atomic E-state index is 11.8. The third kappa shape index (κ3) is 1.88. The fraction of sp³-hybridized carbons (Fsp3) is 0.133. The number of para-hydroxylation sites is 2. The van der Waals surface area contributed by atoms with Gasteiger partial charge in [0, 0.05) is 18.2 Å². The van der Waals surface area contributed by atoms with Gasteiger partial charge in [-0.15, -0.1) is 0 Å². The van der Waals surface area contributed by atoms with Crippen molar-refractivity contribution in [2.75, 3.05) is 7.05 Å². The number of nitrogens with one attached hydrogen (secondary N) is 1. The van der Waals surface area contributed by atoms with Crippen LogP contribution in [0.15, 0.2) is 48.5 Å². The van der Waals surface area contributed by atoms with Gasteiger partial charge in [0.15, 0.2) is 0 Å². The number of nitrogens with zero attached hydrogens (tertiary/aromatic N) is 1. The van der Waals surface area contributed by atoms with Crippen molar-refractivity contribution in [2.24, 2.45) is 0 Å². The Morgan fingerprint density at radius 2 is 1.60 bits per heavy atom. The second-order valence-corrected chi connectivity index (χ2v) is 4.48. The average Bonchev–Trinajstić information content (AvgIpc) is 2.51. The monoisotopic (exact) mass is 270 g/mol. The molecule has 0 saturated carbocycles. The minimum Gasteiger partial charge on any atom is -0.457 e. The normalized spacial score (nSPS) is 12.9. The summed E-state index contributed by atoms with van der Waals surface area (Å²) in [6, 6.07) is 13.5. The lowest BCUT2D eigenvalue weighted by Gasteiger charge is -2.32. The van der Waals surface area contributed by atoms with Crippen molar-refractivity contribution in [3.05, 3.63) is 59.7 Å². The van der Waals surface area contributed by atoms with Gasteiger partial charge in [0.05, 0.1) is 0 Å². The molecule has 5 nitrogen and oxygen atoms in total. The SMILES string of the molecule is CNC(=O)N(O)C1c2ccccc2Oc2ccccc21. The van der Waals surface area contributed by atoms with Crippen LogP contribution in [-0.4, -0.2) is 23.3 Å². The topological polar surface area (TPSA) is 61.8 Å². The maximum absolute atomic E-state index is 11.8. The summed E-state index contributed by atoms with van der Waals surface area (Å²) in [6.45, 7) is 0. The van der Waals surface area contributed by atoms with Gasteiger partial charge in [0.1, 0.15) is 17.5 Å². The molecule has 0 bridgehead atoms. The van der Waals surface area contributed by atoms with E-state index in [1.54, 1.807) is 0 Å². The molecule has 2 aromatic carbocycles. The van der Waals surface area contributed by atoms with E-state index in [0.29, 0.717) is 16.6 Å². The van der Waals surface area contributed by atoms with Crippen molar-refractivity contribution in [1.29, 1.82) is 0 Å². The number of carbonyl (C=O) groups excluding carboxylic acids is 1. The summed E-state index contributed by atoms with van der Waals surface area (Å²) in [6.07, 6.45) is 0. The fourth-order valence-corrected chi connectivity index (χ4v) is 2.38. The molecular weight excluding hydrogens is 256 g/mol. The Morgan fingerprint density at radius 3 is 2.10 bits per heavy atom. The van der Waals surface area contributed by atoms with E-state index in [-0.39, 0.29) is 0 Å². The van der Waals surface area contributed by atoms with Gasteiger partial charge in [0.2, 0.25) is 0 Å². The van der Waals surface area contributed by atoms with Gasteiger partial charge in [-0.1, -0.05) is 36.4 Å². The zero-order chi connectivity index (χ0) is 14.1. The first-order chi connectivity index (χ1) is 9.72. The molecule has 0 radical (unpaired) electrons. The summed E-state index contributed by atoms with van der Waals surface area (Å²) in [5, 5.41) is 13.3. The molecule has 1 aliphatic rings. The number of rotatable bonds is 1. The molecule has 0 unspecified atom stereocenters. The zero-order valence-electron chi connectivity index (χ0n) is 10.9. The number of hydrogen-bond acceptors (Lipinski definition) is 3. The van der Waals surface area contributed by atoms with E-state index in [4.69, 9.17) is 4.74 Å². The average molecular weight is 270 g/mol. The van der Waals surface area contributed by atoms with Crippen molar-refractivity contribution in [3.63, 3.8) is 0 Å². The highest BCUT2D eigenvalue weighted by atomic mass is 16.5. The van der Waals surface area contributed by atoms with E-state index in [1.807, 2.05) is 48.5 Å². The molecule has 0 spiro atoms. The van der Waals surface area contributed by atoms with Crippen molar-refractivity contribution in [2.45, 2.75) is 6.04 Å². The van der Waals surface area contributed by atoms with Crippen LogP contribution >= 0.6 is 0 Å². The lowest BCUT2D eigenvalue weighted by atomic mass is 9.94. The third-order valence-corrected chi connectivity index (χ3v) is 3.31. The number of carbonyl (C=O) groups is 1. The van der Waals surface area contributed by atoms with Crippen molar-refractivity contribution in [1.82, 2.24) is 10.4 Å². The number of urea groups is 1. The lowest BCUT2D eigenvalue weighted by molar-refractivity contribution is -0.0693. The summed E-state index contributed by atoms with van der Waals surface area (Å²) in [5.74, 6) is 1.28. The first kappa shape index (κ1) is 12.5. The van der Waals surface area contributed by atoms with E-state index < -0.39 is 12.1 Å². The summed E-state index contributed by atoms with van der Waals surface area (Å²) < 4.78 is 5.80. The Hall–Kier alpha value is -2.53. The summed E-state index contributed by atoms with van der Waals surface area (Å²) >= 11 is 0. The molecule has 1 aliphatic heterocycles. The van der Waals surface area contributed by atoms with Crippen molar-refractivity contribution in [3.8, 4) is 11.5 Å². The molecular formula is C15H14N2O3. The number of fused-ring (bicyclic) bond motifs is 2. The predicted octanol–water partition coefficient (Wildman–Crippen LogP) is 2.91. The predicted molar refractivity (Wildman–Crippen MR) is 72.9 cm³/mol. The maximum Gasteiger partial charge on any atom is 0.341 e. The van der Waals surface area contributed by atoms with Crippen LogP contribution in [0.2, 0.25) is 0 Å². The van der Waals surface area contributed by atoms with Crippen LogP contribution in [0.5, 0.6) is 11.5 Å². The quantitative estimate of drug-likeness (QED) is 0.618. The summed E-state index contributed by atoms with van der Waals surface area (Å²) in [5.41, 5.74) is 1.50. The Balaban J connectivity index is 2.15. The van der Waals surface area contributed by atoms with Crippen LogP contribution in [0.1, 0.15) is 17.2 Å². The molecule has 2 amide bonds. The Morgan fingerprint density at radius 1 is 1.10 bits per heavy atom. The number of benzene rings is 2. The molecule has 0 atom stereocenters. The fourth-order valence-electron chi connectivity index (χ4n) is 2.38. The molecule has 0 fully saturated rings. The highest BCUT2D eigenvalue weighted by Gasteiger charge is 2.33. The number of ether oxygens (including phenoxy) is 1. The second-order valence-electron chi connectivity index (χ2n) is 4.48. The highest BCUT2D eigenvalue weighted by Crippen LogP contribution is 2.44. The molecule has 3 rings (SSSR count). The third-order valence-electron chi connectivity index (χ3n) is 3.31. The van der Waals surface area contributed by atoms with E-state index in [2.05, 4.69) is 5.32 Å². The molecule has 2 N–H and O–H groups in total. The Labute approximate surface area is 116 Å². The number of hydroxylamine groups is 2. The minimum absolute atomic E-state index is 0.568. The van der Waals surface area contributed by atoms with Gasteiger partial charge >= 0.3 is 6.03 Å². The first-order valence-electron chi connectivity index (χ1n) is 6.28. The summed E-state index contributed by atoms with van der Waals surface area (Å²) in [4.78, 5) is 11.8. The Bertz CT molecular complexity index is 612. The molecule has 20 heavy (non-hydrogen) atoms. The minimum atomic E-state index is -0.587. The van der Waals surface area contributed by atoms with Crippen LogP contribution in [0.3, 0.4) is 0 Å². The van der Waals surface area contributed by atoms with Crippen LogP contribution in [0, 0.1) is 0 Å². The van der Waals surface area contributed by atoms with Gasteiger partial charge in [-0.2, -0.15) is 5.06 Å². The van der Waals surface area contributed by atoms with Gasteiger partial charge < -0.3 is 10.1 Å². The molecule has 1 heterocycles. The Kier molecular flexibility index (Phi) is 3.04. The molecule has 0 aliphatic carbocycles. The lowest BCUT2D eigenvalue weighted by Crippen LogP contribution is -2.39. The van der Waals surface area contributed by atoms with Crippen LogP contribution < -0.4 is 10.1 Å². The van der Waals surface area contributed by atoms with Crippen LogP contribution in [0.25, 0.3) is 0 Å². The standard InChI is InChI=1S/C15H14N2O3/c1-16-15(18)17(19)14-10-6-2-4-8-12(10)20-13-9-5-3-7-11(13)14/h2-9,14,19H,1H3,(H,16,18). The van der Waals surface area contributed by atoms with E-state index in [0.717, 1.165) is 11.1 Å². The van der Waals surface area contributed by atoms with Crippen molar-refractivity contribution < 1.29 is 14.7 Å². The molecule has 2 aromatic rings. The van der Waals surface area contributed by atoms with Gasteiger partial charge in [0.25, 0.3) is 0 Å². The molecule has 0 aromatic heterocycles. The van der Waals surface area contributed by atoms with Crippen molar-refractivity contribution >= 4 is 6.03 Å². The smallest absolute Gasteiger partial charge is 0.341 e. The largest absolute Gasteiger partial charge is 0.457 e. The van der Waals surface area contributed by atoms with E-state index in [9.17, 15) is 10.0 Å². The van der Waals surface area contributed by atoms with Gasteiger partial charge in [-0.05, 0) is 12.1 Å².